The number of ether oxygens (including phenoxy) is 1. The molecule has 0 spiro atoms. The van der Waals surface area contributed by atoms with Crippen LogP contribution in [0.4, 0.5) is 10.5 Å². The van der Waals surface area contributed by atoms with E-state index in [0.717, 1.165) is 19.3 Å². The van der Waals surface area contributed by atoms with Gasteiger partial charge in [-0.05, 0) is 6.42 Å². The Hall–Kier alpha value is -1.56. The molecular weight excluding hydrogens is 232 g/mol. The summed E-state index contributed by atoms with van der Waals surface area (Å²) < 4.78 is 6.68. The van der Waals surface area contributed by atoms with Crippen molar-refractivity contribution in [3.63, 3.8) is 0 Å². The SMILES string of the molecule is CCCCCNC(=O)Nc1cnn(CCOC)c1. The number of nitrogens with zero attached hydrogens (tertiary/aromatic N) is 2. The molecular formula is C12H22N4O2. The van der Waals surface area contributed by atoms with Crippen LogP contribution in [-0.2, 0) is 11.3 Å². The minimum absolute atomic E-state index is 0.183. The molecule has 1 heterocycles. The van der Waals surface area contributed by atoms with Crippen LogP contribution < -0.4 is 10.6 Å². The third-order valence-electron chi connectivity index (χ3n) is 2.48. The van der Waals surface area contributed by atoms with E-state index in [1.165, 1.54) is 0 Å². The lowest BCUT2D eigenvalue weighted by atomic mass is 10.2. The summed E-state index contributed by atoms with van der Waals surface area (Å²) in [5, 5.41) is 9.66. The Morgan fingerprint density at radius 1 is 1.50 bits per heavy atom. The summed E-state index contributed by atoms with van der Waals surface area (Å²) in [6.07, 6.45) is 6.70. The molecule has 0 aliphatic heterocycles. The van der Waals surface area contributed by atoms with Gasteiger partial charge >= 0.3 is 6.03 Å². The number of hydrogen-bond acceptors (Lipinski definition) is 3. The van der Waals surface area contributed by atoms with Crippen LogP contribution >= 0.6 is 0 Å². The van der Waals surface area contributed by atoms with Gasteiger partial charge in [0.05, 0.1) is 25.0 Å². The largest absolute Gasteiger partial charge is 0.383 e. The molecule has 1 aromatic rings. The highest BCUT2D eigenvalue weighted by atomic mass is 16.5. The van der Waals surface area contributed by atoms with Crippen LogP contribution in [0.25, 0.3) is 0 Å². The molecule has 0 saturated heterocycles. The normalized spacial score (nSPS) is 10.3. The van der Waals surface area contributed by atoms with E-state index < -0.39 is 0 Å². The smallest absolute Gasteiger partial charge is 0.319 e. The number of unbranched alkanes of at least 4 members (excludes halogenated alkanes) is 2. The second-order valence-electron chi connectivity index (χ2n) is 4.07. The Bertz CT molecular complexity index is 352. The number of anilines is 1. The monoisotopic (exact) mass is 254 g/mol. The number of rotatable bonds is 8. The zero-order chi connectivity index (χ0) is 13.2. The van der Waals surface area contributed by atoms with E-state index in [9.17, 15) is 4.79 Å². The first-order valence-electron chi connectivity index (χ1n) is 6.32. The van der Waals surface area contributed by atoms with Gasteiger partial charge in [0.15, 0.2) is 0 Å². The minimum atomic E-state index is -0.183. The van der Waals surface area contributed by atoms with Crippen LogP contribution in [0.2, 0.25) is 0 Å². The van der Waals surface area contributed by atoms with Crippen molar-refractivity contribution in [3.8, 4) is 0 Å². The van der Waals surface area contributed by atoms with Gasteiger partial charge in [0.25, 0.3) is 0 Å². The van der Waals surface area contributed by atoms with E-state index in [4.69, 9.17) is 4.74 Å². The first-order chi connectivity index (χ1) is 8.76. The maximum atomic E-state index is 11.5. The van der Waals surface area contributed by atoms with Gasteiger partial charge in [-0.15, -0.1) is 0 Å². The average Bonchev–Trinajstić information content (AvgIpc) is 2.80. The molecule has 0 aliphatic rings. The molecule has 1 rings (SSSR count). The molecule has 0 fully saturated rings. The van der Waals surface area contributed by atoms with Gasteiger partial charge in [-0.2, -0.15) is 5.10 Å². The molecule has 0 aromatic carbocycles. The lowest BCUT2D eigenvalue weighted by molar-refractivity contribution is 0.183. The lowest BCUT2D eigenvalue weighted by Crippen LogP contribution is -2.29. The highest BCUT2D eigenvalue weighted by Gasteiger charge is 2.03. The second kappa shape index (κ2) is 8.52. The summed E-state index contributed by atoms with van der Waals surface area (Å²) in [6, 6.07) is -0.183. The third-order valence-corrected chi connectivity index (χ3v) is 2.48. The van der Waals surface area contributed by atoms with Crippen molar-refractivity contribution in [1.29, 1.82) is 0 Å². The van der Waals surface area contributed by atoms with Crippen molar-refractivity contribution in [3.05, 3.63) is 12.4 Å². The van der Waals surface area contributed by atoms with Gasteiger partial charge < -0.3 is 15.4 Å². The minimum Gasteiger partial charge on any atom is -0.383 e. The van der Waals surface area contributed by atoms with E-state index in [1.54, 1.807) is 24.2 Å². The molecule has 18 heavy (non-hydrogen) atoms. The molecule has 0 saturated carbocycles. The Balaban J connectivity index is 2.24. The third kappa shape index (κ3) is 5.67. The number of nitrogens with one attached hydrogen (secondary N) is 2. The highest BCUT2D eigenvalue weighted by molar-refractivity contribution is 5.88. The standard InChI is InChI=1S/C12H22N4O2/c1-3-4-5-6-13-12(17)15-11-9-14-16(10-11)7-8-18-2/h9-10H,3-8H2,1-2H3,(H2,13,15,17). The van der Waals surface area contributed by atoms with Crippen LogP contribution in [0.5, 0.6) is 0 Å². The van der Waals surface area contributed by atoms with Gasteiger partial charge in [0.1, 0.15) is 0 Å². The summed E-state index contributed by atoms with van der Waals surface area (Å²) in [5.41, 5.74) is 0.694. The van der Waals surface area contributed by atoms with E-state index >= 15 is 0 Å². The fraction of sp³-hybridized carbons (Fsp3) is 0.667. The topological polar surface area (TPSA) is 68.2 Å². The molecule has 2 amide bonds. The van der Waals surface area contributed by atoms with Crippen LogP contribution in [-0.4, -0.2) is 36.1 Å². The van der Waals surface area contributed by atoms with Crippen molar-refractivity contribution in [2.45, 2.75) is 32.7 Å². The molecule has 0 radical (unpaired) electrons. The molecule has 0 bridgehead atoms. The van der Waals surface area contributed by atoms with Gasteiger partial charge in [-0.3, -0.25) is 4.68 Å². The molecule has 6 heteroatoms. The van der Waals surface area contributed by atoms with Crippen molar-refractivity contribution in [1.82, 2.24) is 15.1 Å². The fourth-order valence-electron chi connectivity index (χ4n) is 1.49. The summed E-state index contributed by atoms with van der Waals surface area (Å²) >= 11 is 0. The Morgan fingerprint density at radius 2 is 2.33 bits per heavy atom. The van der Waals surface area contributed by atoms with Gasteiger partial charge in [0.2, 0.25) is 0 Å². The summed E-state index contributed by atoms with van der Waals surface area (Å²) in [7, 11) is 1.65. The number of urea groups is 1. The highest BCUT2D eigenvalue weighted by Crippen LogP contribution is 2.04. The number of amides is 2. The van der Waals surface area contributed by atoms with Crippen molar-refractivity contribution in [2.24, 2.45) is 0 Å². The number of carbonyl (C=O) groups is 1. The van der Waals surface area contributed by atoms with Gasteiger partial charge in [-0.1, -0.05) is 19.8 Å². The Morgan fingerprint density at radius 3 is 3.06 bits per heavy atom. The first kappa shape index (κ1) is 14.5. The maximum Gasteiger partial charge on any atom is 0.319 e. The molecule has 102 valence electrons. The van der Waals surface area contributed by atoms with Crippen LogP contribution in [0, 0.1) is 0 Å². The quantitative estimate of drug-likeness (QED) is 0.696. The number of hydrogen-bond donors (Lipinski definition) is 2. The molecule has 1 aromatic heterocycles. The number of aromatic nitrogens is 2. The molecule has 2 N–H and O–H groups in total. The van der Waals surface area contributed by atoms with Crippen molar-refractivity contribution >= 4 is 11.7 Å². The summed E-state index contributed by atoms with van der Waals surface area (Å²) in [6.45, 7) is 4.12. The second-order valence-corrected chi connectivity index (χ2v) is 4.07. The first-order valence-corrected chi connectivity index (χ1v) is 6.32. The van der Waals surface area contributed by atoms with Crippen molar-refractivity contribution in [2.75, 3.05) is 25.6 Å². The zero-order valence-corrected chi connectivity index (χ0v) is 11.1. The molecule has 0 unspecified atom stereocenters. The summed E-state index contributed by atoms with van der Waals surface area (Å²) in [4.78, 5) is 11.5. The van der Waals surface area contributed by atoms with E-state index in [1.807, 2.05) is 0 Å². The Kier molecular flexibility index (Phi) is 6.86. The van der Waals surface area contributed by atoms with Gasteiger partial charge in [-0.25, -0.2) is 4.79 Å². The zero-order valence-electron chi connectivity index (χ0n) is 11.1. The van der Waals surface area contributed by atoms with E-state index in [0.29, 0.717) is 25.4 Å². The van der Waals surface area contributed by atoms with E-state index in [2.05, 4.69) is 22.7 Å². The predicted molar refractivity (Wildman–Crippen MR) is 70.6 cm³/mol. The lowest BCUT2D eigenvalue weighted by Gasteiger charge is -2.05. The summed E-state index contributed by atoms with van der Waals surface area (Å²) in [5.74, 6) is 0. The Labute approximate surface area is 108 Å². The van der Waals surface area contributed by atoms with Crippen LogP contribution in [0.3, 0.4) is 0 Å². The average molecular weight is 254 g/mol. The van der Waals surface area contributed by atoms with E-state index in [-0.39, 0.29) is 6.03 Å². The van der Waals surface area contributed by atoms with Crippen LogP contribution in [0.15, 0.2) is 12.4 Å². The van der Waals surface area contributed by atoms with Crippen LogP contribution in [0.1, 0.15) is 26.2 Å². The van der Waals surface area contributed by atoms with Crippen molar-refractivity contribution < 1.29 is 9.53 Å². The number of methoxy groups -OCH3 is 1. The van der Waals surface area contributed by atoms with Gasteiger partial charge in [0, 0.05) is 19.9 Å². The predicted octanol–water partition coefficient (Wildman–Crippen LogP) is 1.84. The molecule has 0 aliphatic carbocycles. The molecule has 6 nitrogen and oxygen atoms in total. The maximum absolute atomic E-state index is 11.5. The fourth-order valence-corrected chi connectivity index (χ4v) is 1.49. The number of carbonyl (C=O) groups excluding carboxylic acids is 1. The molecule has 0 atom stereocenters.